The molecule has 0 saturated heterocycles. The number of carbonyl (C=O) groups excluding carboxylic acids is 1. The molecule has 3 aromatic rings. The number of hydrogen-bond donors (Lipinski definition) is 1. The van der Waals surface area contributed by atoms with Crippen LogP contribution in [0.4, 0.5) is 5.69 Å². The molecule has 0 bridgehead atoms. The van der Waals surface area contributed by atoms with Crippen LogP contribution in [-0.2, 0) is 11.3 Å². The van der Waals surface area contributed by atoms with E-state index >= 15 is 0 Å². The summed E-state index contributed by atoms with van der Waals surface area (Å²) in [4.78, 5) is 14.5. The fourth-order valence-corrected chi connectivity index (χ4v) is 3.39. The summed E-state index contributed by atoms with van der Waals surface area (Å²) in [5.41, 5.74) is 4.37. The quantitative estimate of drug-likeness (QED) is 0.623. The van der Waals surface area contributed by atoms with Crippen molar-refractivity contribution in [3.63, 3.8) is 0 Å². The Kier molecular flexibility index (Phi) is 6.39. The maximum absolute atomic E-state index is 12.5. The largest absolute Gasteiger partial charge is 0.322 e. The van der Waals surface area contributed by atoms with Crippen LogP contribution in [0.15, 0.2) is 48.5 Å². The number of para-hydroxylation sites is 1. The average Bonchev–Trinajstić information content (AvgIpc) is 2.93. The Morgan fingerprint density at radius 1 is 1.11 bits per heavy atom. The van der Waals surface area contributed by atoms with Crippen molar-refractivity contribution >= 4 is 34.8 Å². The lowest BCUT2D eigenvalue weighted by molar-refractivity contribution is -0.117. The molecule has 28 heavy (non-hydrogen) atoms. The predicted molar refractivity (Wildman–Crippen MR) is 114 cm³/mol. The van der Waals surface area contributed by atoms with Gasteiger partial charge in [-0.2, -0.15) is 5.10 Å². The molecule has 146 valence electrons. The molecule has 0 saturated carbocycles. The van der Waals surface area contributed by atoms with Gasteiger partial charge in [0.05, 0.1) is 39.4 Å². The highest BCUT2D eigenvalue weighted by molar-refractivity contribution is 6.42. The molecule has 7 heteroatoms. The second-order valence-corrected chi connectivity index (χ2v) is 7.58. The van der Waals surface area contributed by atoms with Gasteiger partial charge in [-0.05, 0) is 50.7 Å². The molecule has 1 heterocycles. The summed E-state index contributed by atoms with van der Waals surface area (Å²) in [6.45, 7) is 4.67. The number of aryl methyl sites for hydroxylation is 1. The van der Waals surface area contributed by atoms with E-state index in [9.17, 15) is 4.79 Å². The van der Waals surface area contributed by atoms with Crippen LogP contribution in [0.2, 0.25) is 10.0 Å². The maximum atomic E-state index is 12.5. The number of amides is 1. The van der Waals surface area contributed by atoms with Gasteiger partial charge in [0.15, 0.2) is 0 Å². The van der Waals surface area contributed by atoms with Gasteiger partial charge in [0.2, 0.25) is 5.91 Å². The van der Waals surface area contributed by atoms with Crippen LogP contribution in [0.1, 0.15) is 17.0 Å². The Bertz CT molecular complexity index is 986. The van der Waals surface area contributed by atoms with Gasteiger partial charge in [0, 0.05) is 6.54 Å². The summed E-state index contributed by atoms with van der Waals surface area (Å²) >= 11 is 12.0. The van der Waals surface area contributed by atoms with Gasteiger partial charge in [-0.3, -0.25) is 9.69 Å². The summed E-state index contributed by atoms with van der Waals surface area (Å²) < 4.78 is 1.84. The number of anilines is 1. The number of nitrogens with zero attached hydrogens (tertiary/aromatic N) is 3. The summed E-state index contributed by atoms with van der Waals surface area (Å²) in [7, 11) is 1.88. The molecule has 0 aliphatic heterocycles. The highest BCUT2D eigenvalue weighted by Gasteiger charge is 2.16. The standard InChI is InChI=1S/C21H22Cl2N4O/c1-14-21(15(2)27(25-14)17-7-5-4-6-8-17)24-20(28)13-26(3)12-16-9-10-18(22)19(23)11-16/h4-11H,12-13H2,1-3H3,(H,24,28). The first-order chi connectivity index (χ1) is 13.3. The molecule has 0 fully saturated rings. The van der Waals surface area contributed by atoms with Crippen LogP contribution in [0.3, 0.4) is 0 Å². The Balaban J connectivity index is 1.66. The summed E-state index contributed by atoms with van der Waals surface area (Å²) in [6, 6.07) is 15.3. The SMILES string of the molecule is Cc1nn(-c2ccccc2)c(C)c1NC(=O)CN(C)Cc1ccc(Cl)c(Cl)c1. The van der Waals surface area contributed by atoms with Crippen LogP contribution in [-0.4, -0.2) is 34.2 Å². The van der Waals surface area contributed by atoms with Crippen molar-refractivity contribution in [3.05, 3.63) is 75.5 Å². The van der Waals surface area contributed by atoms with Crippen LogP contribution >= 0.6 is 23.2 Å². The highest BCUT2D eigenvalue weighted by atomic mass is 35.5. The molecule has 2 aromatic carbocycles. The van der Waals surface area contributed by atoms with Crippen LogP contribution < -0.4 is 5.32 Å². The number of rotatable bonds is 6. The molecular weight excluding hydrogens is 395 g/mol. The Morgan fingerprint density at radius 3 is 2.50 bits per heavy atom. The molecule has 1 amide bonds. The first kappa shape index (κ1) is 20.4. The van der Waals surface area contributed by atoms with Gasteiger partial charge in [-0.15, -0.1) is 0 Å². The minimum atomic E-state index is -0.0960. The van der Waals surface area contributed by atoms with E-state index in [-0.39, 0.29) is 12.5 Å². The Morgan fingerprint density at radius 2 is 1.82 bits per heavy atom. The molecule has 0 aliphatic carbocycles. The second-order valence-electron chi connectivity index (χ2n) is 6.76. The molecular formula is C21H22Cl2N4O. The van der Waals surface area contributed by atoms with Gasteiger partial charge in [0.1, 0.15) is 0 Å². The number of likely N-dealkylation sites (N-methyl/N-ethyl adjacent to an activating group) is 1. The van der Waals surface area contributed by atoms with Gasteiger partial charge in [0.25, 0.3) is 0 Å². The molecule has 1 aromatic heterocycles. The fourth-order valence-electron chi connectivity index (χ4n) is 3.07. The summed E-state index contributed by atoms with van der Waals surface area (Å²) in [5.74, 6) is -0.0960. The smallest absolute Gasteiger partial charge is 0.238 e. The average molecular weight is 417 g/mol. The molecule has 5 nitrogen and oxygen atoms in total. The maximum Gasteiger partial charge on any atom is 0.238 e. The van der Waals surface area contributed by atoms with Crippen molar-refractivity contribution in [1.29, 1.82) is 0 Å². The third-order valence-corrected chi connectivity index (χ3v) is 5.15. The van der Waals surface area contributed by atoms with Gasteiger partial charge in [-0.1, -0.05) is 47.5 Å². The Labute approximate surface area is 174 Å². The highest BCUT2D eigenvalue weighted by Crippen LogP contribution is 2.24. The number of carbonyl (C=O) groups is 1. The van der Waals surface area contributed by atoms with E-state index in [0.29, 0.717) is 16.6 Å². The molecule has 1 N–H and O–H groups in total. The summed E-state index contributed by atoms with van der Waals surface area (Å²) in [6.07, 6.45) is 0. The zero-order valence-corrected chi connectivity index (χ0v) is 17.6. The normalized spacial score (nSPS) is 11.1. The van der Waals surface area contributed by atoms with Crippen molar-refractivity contribution in [2.24, 2.45) is 0 Å². The van der Waals surface area contributed by atoms with Crippen molar-refractivity contribution < 1.29 is 4.79 Å². The monoisotopic (exact) mass is 416 g/mol. The minimum Gasteiger partial charge on any atom is -0.322 e. The van der Waals surface area contributed by atoms with Gasteiger partial charge in [-0.25, -0.2) is 4.68 Å². The van der Waals surface area contributed by atoms with E-state index in [0.717, 1.165) is 28.3 Å². The van der Waals surface area contributed by atoms with E-state index < -0.39 is 0 Å². The van der Waals surface area contributed by atoms with E-state index in [1.54, 1.807) is 6.07 Å². The lowest BCUT2D eigenvalue weighted by Gasteiger charge is -2.17. The zero-order chi connectivity index (χ0) is 20.3. The molecule has 0 unspecified atom stereocenters. The number of nitrogens with one attached hydrogen (secondary N) is 1. The first-order valence-corrected chi connectivity index (χ1v) is 9.64. The molecule has 0 aliphatic rings. The van der Waals surface area contributed by atoms with Crippen molar-refractivity contribution in [2.75, 3.05) is 18.9 Å². The van der Waals surface area contributed by atoms with E-state index in [1.165, 1.54) is 0 Å². The molecule has 0 radical (unpaired) electrons. The van der Waals surface area contributed by atoms with Gasteiger partial charge < -0.3 is 5.32 Å². The second kappa shape index (κ2) is 8.78. The zero-order valence-electron chi connectivity index (χ0n) is 16.0. The molecule has 0 atom stereocenters. The number of benzene rings is 2. The van der Waals surface area contributed by atoms with E-state index in [1.807, 2.05) is 72.9 Å². The number of hydrogen-bond acceptors (Lipinski definition) is 3. The van der Waals surface area contributed by atoms with Crippen LogP contribution in [0.5, 0.6) is 0 Å². The van der Waals surface area contributed by atoms with E-state index in [4.69, 9.17) is 23.2 Å². The lowest BCUT2D eigenvalue weighted by Crippen LogP contribution is -2.30. The third kappa shape index (κ3) is 4.73. The van der Waals surface area contributed by atoms with Gasteiger partial charge >= 0.3 is 0 Å². The van der Waals surface area contributed by atoms with Crippen LogP contribution in [0, 0.1) is 13.8 Å². The lowest BCUT2D eigenvalue weighted by atomic mass is 10.2. The van der Waals surface area contributed by atoms with Crippen molar-refractivity contribution in [3.8, 4) is 5.69 Å². The minimum absolute atomic E-state index is 0.0960. The topological polar surface area (TPSA) is 50.2 Å². The predicted octanol–water partition coefficient (Wildman–Crippen LogP) is 4.87. The first-order valence-electron chi connectivity index (χ1n) is 8.89. The number of aromatic nitrogens is 2. The van der Waals surface area contributed by atoms with Crippen molar-refractivity contribution in [2.45, 2.75) is 20.4 Å². The summed E-state index contributed by atoms with van der Waals surface area (Å²) in [5, 5.41) is 8.59. The molecule has 0 spiro atoms. The van der Waals surface area contributed by atoms with E-state index in [2.05, 4.69) is 10.4 Å². The van der Waals surface area contributed by atoms with Crippen LogP contribution in [0.25, 0.3) is 5.69 Å². The van der Waals surface area contributed by atoms with Crippen molar-refractivity contribution in [1.82, 2.24) is 14.7 Å². The Hall–Kier alpha value is -2.34. The fraction of sp³-hybridized carbons (Fsp3) is 0.238. The number of halogens is 2. The molecule has 3 rings (SSSR count). The third-order valence-electron chi connectivity index (χ3n) is 4.41.